The number of ether oxygens (including phenoxy) is 2. The summed E-state index contributed by atoms with van der Waals surface area (Å²) in [4.78, 5) is 36.3. The van der Waals surface area contributed by atoms with Crippen molar-refractivity contribution >= 4 is 18.0 Å². The number of carboxylic acid groups (broad SMARTS) is 1. The highest BCUT2D eigenvalue weighted by Crippen LogP contribution is 2.19. The molecule has 0 spiro atoms. The van der Waals surface area contributed by atoms with Crippen molar-refractivity contribution in [3.8, 4) is 0 Å². The first kappa shape index (κ1) is 21.2. The number of piperidine rings is 1. The minimum absolute atomic E-state index is 0.132. The van der Waals surface area contributed by atoms with E-state index in [1.165, 1.54) is 0 Å². The summed E-state index contributed by atoms with van der Waals surface area (Å²) in [6, 6.07) is -0.972. The predicted molar refractivity (Wildman–Crippen MR) is 90.9 cm³/mol. The Hall–Kier alpha value is -1.83. The lowest BCUT2D eigenvalue weighted by molar-refractivity contribution is -0.152. The molecule has 8 nitrogen and oxygen atoms in total. The highest BCUT2D eigenvalue weighted by molar-refractivity contribution is 5.73. The molecule has 1 aliphatic rings. The molecule has 3 N–H and O–H groups in total. The van der Waals surface area contributed by atoms with E-state index in [-0.39, 0.29) is 36.9 Å². The Morgan fingerprint density at radius 1 is 1.24 bits per heavy atom. The molecule has 1 rings (SSSR count). The van der Waals surface area contributed by atoms with E-state index >= 15 is 0 Å². The average molecular weight is 358 g/mol. The highest BCUT2D eigenvalue weighted by atomic mass is 16.6. The van der Waals surface area contributed by atoms with Gasteiger partial charge >= 0.3 is 18.0 Å². The number of esters is 1. The number of carbonyl (C=O) groups excluding carboxylic acids is 2. The smallest absolute Gasteiger partial charge is 0.410 e. The van der Waals surface area contributed by atoms with Crippen molar-refractivity contribution in [3.63, 3.8) is 0 Å². The summed E-state index contributed by atoms with van der Waals surface area (Å²) in [6.45, 7) is 8.18. The summed E-state index contributed by atoms with van der Waals surface area (Å²) in [6.07, 6.45) is 0.900. The predicted octanol–water partition coefficient (Wildman–Crippen LogP) is 1.76. The van der Waals surface area contributed by atoms with Gasteiger partial charge in [-0.15, -0.1) is 0 Å². The maximum absolute atomic E-state index is 12.0. The molecule has 0 aromatic rings. The van der Waals surface area contributed by atoms with Crippen molar-refractivity contribution in [2.75, 3.05) is 13.1 Å². The summed E-state index contributed by atoms with van der Waals surface area (Å²) in [5.41, 5.74) is 4.93. The van der Waals surface area contributed by atoms with Crippen LogP contribution in [0.15, 0.2) is 0 Å². The van der Waals surface area contributed by atoms with Crippen LogP contribution >= 0.6 is 0 Å². The Bertz CT molecular complexity index is 480. The van der Waals surface area contributed by atoms with Gasteiger partial charge in [0.15, 0.2) is 0 Å². The van der Waals surface area contributed by atoms with Crippen LogP contribution in [0.5, 0.6) is 0 Å². The second-order valence-corrected chi connectivity index (χ2v) is 7.65. The molecule has 0 radical (unpaired) electrons. The fraction of sp³-hybridized carbons (Fsp3) is 0.824. The second-order valence-electron chi connectivity index (χ2n) is 7.65. The van der Waals surface area contributed by atoms with Crippen molar-refractivity contribution in [2.45, 2.75) is 71.1 Å². The molecule has 1 heterocycles. The molecule has 144 valence electrons. The first-order chi connectivity index (χ1) is 11.5. The third-order valence-corrected chi connectivity index (χ3v) is 3.88. The van der Waals surface area contributed by atoms with Crippen molar-refractivity contribution in [1.29, 1.82) is 0 Å². The van der Waals surface area contributed by atoms with E-state index in [2.05, 4.69) is 0 Å². The Labute approximate surface area is 148 Å². The summed E-state index contributed by atoms with van der Waals surface area (Å²) < 4.78 is 10.7. The Morgan fingerprint density at radius 3 is 2.28 bits per heavy atom. The lowest BCUT2D eigenvalue weighted by Crippen LogP contribution is -2.43. The molecule has 8 heteroatoms. The number of amides is 1. The maximum Gasteiger partial charge on any atom is 0.410 e. The number of aliphatic carboxylic acids is 1. The van der Waals surface area contributed by atoms with Crippen molar-refractivity contribution < 1.29 is 29.0 Å². The van der Waals surface area contributed by atoms with Gasteiger partial charge in [0.2, 0.25) is 0 Å². The number of hydrogen-bond acceptors (Lipinski definition) is 6. The lowest BCUT2D eigenvalue weighted by Gasteiger charge is -2.33. The van der Waals surface area contributed by atoms with Crippen LogP contribution in [0.4, 0.5) is 4.79 Å². The first-order valence-corrected chi connectivity index (χ1v) is 8.63. The summed E-state index contributed by atoms with van der Waals surface area (Å²) >= 11 is 0. The third-order valence-electron chi connectivity index (χ3n) is 3.88. The van der Waals surface area contributed by atoms with E-state index < -0.39 is 17.6 Å². The molecule has 0 aliphatic carbocycles. The van der Waals surface area contributed by atoms with E-state index in [9.17, 15) is 14.4 Å². The molecule has 0 bridgehead atoms. The number of carbonyl (C=O) groups is 3. The van der Waals surface area contributed by atoms with Crippen LogP contribution in [-0.2, 0) is 19.1 Å². The van der Waals surface area contributed by atoms with Crippen LogP contribution in [0.2, 0.25) is 0 Å². The van der Waals surface area contributed by atoms with Crippen molar-refractivity contribution in [2.24, 2.45) is 11.7 Å². The van der Waals surface area contributed by atoms with Crippen LogP contribution in [-0.4, -0.2) is 58.9 Å². The Morgan fingerprint density at radius 2 is 1.80 bits per heavy atom. The van der Waals surface area contributed by atoms with E-state index in [0.29, 0.717) is 25.9 Å². The van der Waals surface area contributed by atoms with Gasteiger partial charge in [-0.05, 0) is 33.1 Å². The first-order valence-electron chi connectivity index (χ1n) is 8.63. The molecular formula is C17H30N2O6. The SMILES string of the molecule is CC(CC(=O)OC1CCN(C(=O)OC(C)(C)C)CC1)C[C@H](N)C(=O)O. The van der Waals surface area contributed by atoms with Gasteiger partial charge in [-0.2, -0.15) is 0 Å². The Balaban J connectivity index is 2.32. The number of rotatable bonds is 6. The molecule has 25 heavy (non-hydrogen) atoms. The van der Waals surface area contributed by atoms with Gasteiger partial charge in [-0.1, -0.05) is 6.92 Å². The number of likely N-dealkylation sites (tertiary alicyclic amines) is 1. The zero-order chi connectivity index (χ0) is 19.2. The van der Waals surface area contributed by atoms with Crippen LogP contribution in [0.3, 0.4) is 0 Å². The van der Waals surface area contributed by atoms with E-state index in [1.807, 2.05) is 20.8 Å². The molecule has 1 saturated heterocycles. The van der Waals surface area contributed by atoms with Gasteiger partial charge in [0.1, 0.15) is 17.7 Å². The largest absolute Gasteiger partial charge is 0.480 e. The maximum atomic E-state index is 12.0. The fourth-order valence-electron chi connectivity index (χ4n) is 2.62. The molecule has 1 amide bonds. The summed E-state index contributed by atoms with van der Waals surface area (Å²) in [5, 5.41) is 8.78. The normalized spacial score (nSPS) is 18.4. The lowest BCUT2D eigenvalue weighted by atomic mass is 9.99. The van der Waals surface area contributed by atoms with Crippen molar-refractivity contribution in [3.05, 3.63) is 0 Å². The molecule has 0 aromatic carbocycles. The molecule has 0 aromatic heterocycles. The molecule has 0 saturated carbocycles. The number of nitrogens with zero attached hydrogens (tertiary/aromatic N) is 1. The van der Waals surface area contributed by atoms with E-state index in [0.717, 1.165) is 0 Å². The van der Waals surface area contributed by atoms with Crippen LogP contribution in [0.25, 0.3) is 0 Å². The number of hydrogen-bond donors (Lipinski definition) is 2. The quantitative estimate of drug-likeness (QED) is 0.694. The molecule has 1 aliphatic heterocycles. The van der Waals surface area contributed by atoms with E-state index in [1.54, 1.807) is 11.8 Å². The summed E-state index contributed by atoms with van der Waals surface area (Å²) in [7, 11) is 0. The van der Waals surface area contributed by atoms with Crippen LogP contribution in [0, 0.1) is 5.92 Å². The standard InChI is InChI=1S/C17H30N2O6/c1-11(9-13(18)15(21)22)10-14(20)24-12-5-7-19(8-6-12)16(23)25-17(2,3)4/h11-13H,5-10,18H2,1-4H3,(H,21,22)/t11?,13-/m0/s1. The topological polar surface area (TPSA) is 119 Å². The highest BCUT2D eigenvalue weighted by Gasteiger charge is 2.29. The zero-order valence-electron chi connectivity index (χ0n) is 15.5. The molecule has 1 fully saturated rings. The van der Waals surface area contributed by atoms with Gasteiger partial charge in [0, 0.05) is 32.4 Å². The summed E-state index contributed by atoms with van der Waals surface area (Å²) in [5.74, 6) is -1.60. The average Bonchev–Trinajstić information content (AvgIpc) is 2.45. The van der Waals surface area contributed by atoms with Gasteiger partial charge < -0.3 is 25.2 Å². The van der Waals surface area contributed by atoms with Gasteiger partial charge in [-0.3, -0.25) is 9.59 Å². The van der Waals surface area contributed by atoms with E-state index in [4.69, 9.17) is 20.3 Å². The van der Waals surface area contributed by atoms with Gasteiger partial charge in [0.05, 0.1) is 0 Å². The molecule has 2 atom stereocenters. The van der Waals surface area contributed by atoms with Crippen LogP contribution in [0.1, 0.15) is 53.4 Å². The second kappa shape index (κ2) is 9.03. The monoisotopic (exact) mass is 358 g/mol. The van der Waals surface area contributed by atoms with Crippen LogP contribution < -0.4 is 5.73 Å². The molecular weight excluding hydrogens is 328 g/mol. The van der Waals surface area contributed by atoms with Crippen molar-refractivity contribution in [1.82, 2.24) is 4.90 Å². The Kier molecular flexibility index (Phi) is 7.66. The number of nitrogens with two attached hydrogens (primary N) is 1. The zero-order valence-corrected chi connectivity index (χ0v) is 15.5. The fourth-order valence-corrected chi connectivity index (χ4v) is 2.62. The minimum Gasteiger partial charge on any atom is -0.480 e. The van der Waals surface area contributed by atoms with Gasteiger partial charge in [-0.25, -0.2) is 4.79 Å². The number of carboxylic acids is 1. The molecule has 1 unspecified atom stereocenters. The third kappa shape index (κ3) is 8.20. The minimum atomic E-state index is -1.07. The van der Waals surface area contributed by atoms with Gasteiger partial charge in [0.25, 0.3) is 0 Å².